The van der Waals surface area contributed by atoms with Gasteiger partial charge in [0.1, 0.15) is 23.4 Å². The summed E-state index contributed by atoms with van der Waals surface area (Å²) >= 11 is 6.46. The molecule has 1 aliphatic heterocycles. The first-order valence-electron chi connectivity index (χ1n) is 13.7. The molecule has 4 atom stereocenters. The predicted molar refractivity (Wildman–Crippen MR) is 159 cm³/mol. The van der Waals surface area contributed by atoms with Crippen LogP contribution in [-0.4, -0.2) is 35.6 Å². The highest BCUT2D eigenvalue weighted by Crippen LogP contribution is 2.48. The number of rotatable bonds is 8. The van der Waals surface area contributed by atoms with Gasteiger partial charge in [0.05, 0.1) is 24.1 Å². The van der Waals surface area contributed by atoms with Crippen molar-refractivity contribution >= 4 is 29.2 Å². The molecule has 2 amide bonds. The SMILES string of the molecule is COc1ccc(C2C(C(=O)c3ccccc3Cl)C(C)C(C(=O)NCc3ccc(F)cc3)N2C(=O)c2ccc(F)cc2)cc1. The summed E-state index contributed by atoms with van der Waals surface area (Å²) in [6.07, 6.45) is 0. The van der Waals surface area contributed by atoms with Crippen molar-refractivity contribution in [2.24, 2.45) is 11.8 Å². The normalized spacial score (nSPS) is 19.6. The van der Waals surface area contributed by atoms with Gasteiger partial charge in [-0.25, -0.2) is 8.78 Å². The number of nitrogens with zero attached hydrogens (tertiary/aromatic N) is 1. The van der Waals surface area contributed by atoms with Crippen LogP contribution in [0.3, 0.4) is 0 Å². The average Bonchev–Trinajstić information content (AvgIpc) is 3.33. The summed E-state index contributed by atoms with van der Waals surface area (Å²) in [4.78, 5) is 43.8. The van der Waals surface area contributed by atoms with E-state index in [2.05, 4.69) is 5.32 Å². The van der Waals surface area contributed by atoms with Gasteiger partial charge in [-0.3, -0.25) is 14.4 Å². The molecule has 9 heteroatoms. The van der Waals surface area contributed by atoms with Gasteiger partial charge in [-0.05, 0) is 77.7 Å². The first-order valence-corrected chi connectivity index (χ1v) is 14.1. The van der Waals surface area contributed by atoms with Crippen LogP contribution >= 0.6 is 11.6 Å². The summed E-state index contributed by atoms with van der Waals surface area (Å²) < 4.78 is 32.6. The fourth-order valence-electron chi connectivity index (χ4n) is 5.73. The fraction of sp³-hybridized carbons (Fsp3) is 0.206. The lowest BCUT2D eigenvalue weighted by molar-refractivity contribution is -0.126. The van der Waals surface area contributed by atoms with Crippen LogP contribution in [0.25, 0.3) is 0 Å². The van der Waals surface area contributed by atoms with Crippen LogP contribution in [0.15, 0.2) is 97.1 Å². The van der Waals surface area contributed by atoms with Crippen molar-refractivity contribution in [3.05, 3.63) is 136 Å². The molecule has 0 radical (unpaired) electrons. The molecule has 0 bridgehead atoms. The number of ether oxygens (including phenoxy) is 1. The van der Waals surface area contributed by atoms with E-state index in [0.29, 0.717) is 16.9 Å². The number of benzene rings is 4. The summed E-state index contributed by atoms with van der Waals surface area (Å²) in [5, 5.41) is 3.12. The van der Waals surface area contributed by atoms with E-state index in [1.54, 1.807) is 67.6 Å². The molecule has 1 heterocycles. The van der Waals surface area contributed by atoms with Crippen LogP contribution < -0.4 is 10.1 Å². The smallest absolute Gasteiger partial charge is 0.255 e. The highest BCUT2D eigenvalue weighted by Gasteiger charge is 2.55. The zero-order valence-electron chi connectivity index (χ0n) is 23.5. The van der Waals surface area contributed by atoms with E-state index in [-0.39, 0.29) is 28.5 Å². The Labute approximate surface area is 253 Å². The first kappa shape index (κ1) is 29.9. The van der Waals surface area contributed by atoms with Gasteiger partial charge in [0.15, 0.2) is 5.78 Å². The maximum atomic E-state index is 14.2. The standard InChI is InChI=1S/C34H29ClF2N2O4/c1-20-29(32(40)27-5-3-4-6-28(27)35)31(22-11-17-26(43-2)18-12-22)39(34(42)23-9-15-25(37)16-10-23)30(20)33(41)38-19-21-7-13-24(36)14-8-21/h3-18,20,29-31H,19H2,1-2H3,(H,38,41). The Morgan fingerprint density at radius 2 is 1.47 bits per heavy atom. The van der Waals surface area contributed by atoms with Crippen molar-refractivity contribution in [3.8, 4) is 5.75 Å². The Morgan fingerprint density at radius 3 is 2.07 bits per heavy atom. The molecule has 1 fully saturated rings. The van der Waals surface area contributed by atoms with Crippen molar-refractivity contribution in [3.63, 3.8) is 0 Å². The quantitative estimate of drug-likeness (QED) is 0.229. The predicted octanol–water partition coefficient (Wildman–Crippen LogP) is 6.64. The molecule has 1 saturated heterocycles. The lowest BCUT2D eigenvalue weighted by Gasteiger charge is -2.32. The molecule has 0 saturated carbocycles. The third-order valence-corrected chi connectivity index (χ3v) is 8.21. The third kappa shape index (κ3) is 6.15. The molecule has 1 N–H and O–H groups in total. The number of hydrogen-bond acceptors (Lipinski definition) is 4. The zero-order chi connectivity index (χ0) is 30.7. The van der Waals surface area contributed by atoms with Gasteiger partial charge in [0, 0.05) is 17.7 Å². The Bertz CT molecular complexity index is 1630. The Kier molecular flexibility index (Phi) is 8.87. The Morgan fingerprint density at radius 1 is 0.860 bits per heavy atom. The molecule has 1 aliphatic rings. The van der Waals surface area contributed by atoms with Crippen LogP contribution in [0.5, 0.6) is 5.75 Å². The minimum atomic E-state index is -1.08. The second kappa shape index (κ2) is 12.8. The van der Waals surface area contributed by atoms with Gasteiger partial charge in [0.2, 0.25) is 5.91 Å². The maximum absolute atomic E-state index is 14.2. The monoisotopic (exact) mass is 602 g/mol. The lowest BCUT2D eigenvalue weighted by atomic mass is 9.80. The molecule has 4 aromatic carbocycles. The molecule has 4 unspecified atom stereocenters. The number of nitrogens with one attached hydrogen (secondary N) is 1. The van der Waals surface area contributed by atoms with E-state index in [0.717, 1.165) is 0 Å². The molecule has 5 rings (SSSR count). The van der Waals surface area contributed by atoms with Crippen molar-refractivity contribution < 1.29 is 27.9 Å². The third-order valence-electron chi connectivity index (χ3n) is 7.88. The molecule has 4 aromatic rings. The van der Waals surface area contributed by atoms with E-state index in [9.17, 15) is 23.2 Å². The van der Waals surface area contributed by atoms with Crippen molar-refractivity contribution in [1.29, 1.82) is 0 Å². The number of carbonyl (C=O) groups is 3. The summed E-state index contributed by atoms with van der Waals surface area (Å²) in [6.45, 7) is 1.84. The van der Waals surface area contributed by atoms with E-state index < -0.39 is 47.4 Å². The molecule has 6 nitrogen and oxygen atoms in total. The molecular formula is C34H29ClF2N2O4. The number of amides is 2. The lowest BCUT2D eigenvalue weighted by Crippen LogP contribution is -2.48. The van der Waals surface area contributed by atoms with Crippen LogP contribution in [0, 0.1) is 23.5 Å². The van der Waals surface area contributed by atoms with Crippen molar-refractivity contribution in [2.45, 2.75) is 25.6 Å². The van der Waals surface area contributed by atoms with Gasteiger partial charge in [-0.2, -0.15) is 0 Å². The second-order valence-electron chi connectivity index (χ2n) is 10.5. The van der Waals surface area contributed by atoms with Gasteiger partial charge < -0.3 is 15.0 Å². The number of halogens is 3. The van der Waals surface area contributed by atoms with E-state index >= 15 is 0 Å². The molecule has 0 aliphatic carbocycles. The maximum Gasteiger partial charge on any atom is 0.255 e. The average molecular weight is 603 g/mol. The number of ketones is 1. The second-order valence-corrected chi connectivity index (χ2v) is 10.9. The Hall–Kier alpha value is -4.56. The summed E-state index contributed by atoms with van der Waals surface area (Å²) in [5.41, 5.74) is 1.71. The summed E-state index contributed by atoms with van der Waals surface area (Å²) in [7, 11) is 1.53. The largest absolute Gasteiger partial charge is 0.497 e. The summed E-state index contributed by atoms with van der Waals surface area (Å²) in [6, 6.07) is 22.4. The molecule has 0 aromatic heterocycles. The van der Waals surface area contributed by atoms with Crippen LogP contribution in [0.4, 0.5) is 8.78 Å². The fourth-order valence-corrected chi connectivity index (χ4v) is 5.96. The zero-order valence-corrected chi connectivity index (χ0v) is 24.2. The number of methoxy groups -OCH3 is 1. The van der Waals surface area contributed by atoms with Crippen molar-refractivity contribution in [1.82, 2.24) is 10.2 Å². The minimum absolute atomic E-state index is 0.0806. The Balaban J connectivity index is 1.62. The molecule has 43 heavy (non-hydrogen) atoms. The van der Waals surface area contributed by atoms with E-state index in [1.807, 2.05) is 0 Å². The number of Topliss-reactive ketones (excluding diaryl/α,β-unsaturated/α-hetero) is 1. The molecule has 220 valence electrons. The highest BCUT2D eigenvalue weighted by atomic mass is 35.5. The van der Waals surface area contributed by atoms with E-state index in [1.165, 1.54) is 48.4 Å². The van der Waals surface area contributed by atoms with Crippen LogP contribution in [0.1, 0.15) is 44.8 Å². The van der Waals surface area contributed by atoms with Crippen molar-refractivity contribution in [2.75, 3.05) is 7.11 Å². The number of carbonyl (C=O) groups excluding carboxylic acids is 3. The number of hydrogen-bond donors (Lipinski definition) is 1. The molecule has 0 spiro atoms. The van der Waals surface area contributed by atoms with Gasteiger partial charge >= 0.3 is 0 Å². The topological polar surface area (TPSA) is 75.7 Å². The number of likely N-dealkylation sites (tertiary alicyclic amines) is 1. The first-order chi connectivity index (χ1) is 20.7. The summed E-state index contributed by atoms with van der Waals surface area (Å²) in [5.74, 6) is -3.20. The van der Waals surface area contributed by atoms with Gasteiger partial charge in [0.25, 0.3) is 5.91 Å². The highest BCUT2D eigenvalue weighted by molar-refractivity contribution is 6.34. The van der Waals surface area contributed by atoms with Gasteiger partial charge in [-0.15, -0.1) is 0 Å². The van der Waals surface area contributed by atoms with Gasteiger partial charge in [-0.1, -0.05) is 54.9 Å². The molecular weight excluding hydrogens is 574 g/mol. The minimum Gasteiger partial charge on any atom is -0.497 e. The van der Waals surface area contributed by atoms with Crippen LogP contribution in [-0.2, 0) is 11.3 Å². The van der Waals surface area contributed by atoms with Crippen LogP contribution in [0.2, 0.25) is 5.02 Å². The van der Waals surface area contributed by atoms with E-state index in [4.69, 9.17) is 16.3 Å².